The summed E-state index contributed by atoms with van der Waals surface area (Å²) in [6.45, 7) is 5.65. The molecular weight excluding hydrogens is 200 g/mol. The zero-order valence-corrected chi connectivity index (χ0v) is 10.1. The average molecular weight is 220 g/mol. The summed E-state index contributed by atoms with van der Waals surface area (Å²) in [5.74, 6) is 0. The minimum absolute atomic E-state index is 0.0179. The second kappa shape index (κ2) is 4.83. The molecule has 2 rings (SSSR count). The lowest BCUT2D eigenvalue weighted by Gasteiger charge is -2.38. The van der Waals surface area contributed by atoms with E-state index in [1.807, 2.05) is 12.3 Å². The summed E-state index contributed by atoms with van der Waals surface area (Å²) in [6, 6.07) is 4.63. The van der Waals surface area contributed by atoms with Gasteiger partial charge in [0.05, 0.1) is 0 Å². The normalized spacial score (nSPS) is 22.6. The summed E-state index contributed by atoms with van der Waals surface area (Å²) in [7, 11) is 0. The van der Waals surface area contributed by atoms with Crippen LogP contribution in [0.3, 0.4) is 0 Å². The Morgan fingerprint density at radius 2 is 2.19 bits per heavy atom. The Hall–Kier alpha value is -1.09. The maximum atomic E-state index is 11.1. The van der Waals surface area contributed by atoms with Gasteiger partial charge < -0.3 is 4.98 Å². The van der Waals surface area contributed by atoms with Crippen LogP contribution >= 0.6 is 0 Å². The number of aromatic nitrogens is 1. The van der Waals surface area contributed by atoms with Crippen molar-refractivity contribution in [3.8, 4) is 0 Å². The molecule has 3 nitrogen and oxygen atoms in total. The van der Waals surface area contributed by atoms with E-state index < -0.39 is 0 Å². The molecule has 0 bridgehead atoms. The largest absolute Gasteiger partial charge is 0.329 e. The van der Waals surface area contributed by atoms with Crippen molar-refractivity contribution < 1.29 is 0 Å². The summed E-state index contributed by atoms with van der Waals surface area (Å²) in [6.07, 6.45) is 5.64. The van der Waals surface area contributed by atoms with E-state index in [-0.39, 0.29) is 5.56 Å². The fourth-order valence-electron chi connectivity index (χ4n) is 2.56. The monoisotopic (exact) mass is 220 g/mol. The zero-order chi connectivity index (χ0) is 11.5. The van der Waals surface area contributed by atoms with Crippen LogP contribution in [0.25, 0.3) is 0 Å². The van der Waals surface area contributed by atoms with Crippen molar-refractivity contribution in [1.82, 2.24) is 9.88 Å². The van der Waals surface area contributed by atoms with Gasteiger partial charge in [0.2, 0.25) is 5.56 Å². The minimum atomic E-state index is -0.0179. The molecule has 1 aliphatic rings. The van der Waals surface area contributed by atoms with Crippen molar-refractivity contribution in [3.05, 3.63) is 34.2 Å². The quantitative estimate of drug-likeness (QED) is 0.830. The van der Waals surface area contributed by atoms with E-state index in [4.69, 9.17) is 0 Å². The van der Waals surface area contributed by atoms with Gasteiger partial charge in [-0.3, -0.25) is 9.69 Å². The van der Waals surface area contributed by atoms with Crippen LogP contribution in [0.15, 0.2) is 23.1 Å². The summed E-state index contributed by atoms with van der Waals surface area (Å²) in [5, 5.41) is 0. The fourth-order valence-corrected chi connectivity index (χ4v) is 2.56. The van der Waals surface area contributed by atoms with Gasteiger partial charge in [-0.05, 0) is 38.8 Å². The number of hydrogen-bond donors (Lipinski definition) is 1. The molecule has 0 radical (unpaired) electrons. The lowest BCUT2D eigenvalue weighted by atomic mass is 9.95. The first kappa shape index (κ1) is 11.4. The van der Waals surface area contributed by atoms with Gasteiger partial charge >= 0.3 is 0 Å². The second-order valence-electron chi connectivity index (χ2n) is 4.83. The van der Waals surface area contributed by atoms with Gasteiger partial charge in [0, 0.05) is 24.3 Å². The highest BCUT2D eigenvalue weighted by Gasteiger charge is 2.25. The topological polar surface area (TPSA) is 36.1 Å². The van der Waals surface area contributed by atoms with Crippen LogP contribution in [0.1, 0.15) is 44.7 Å². The molecule has 2 heterocycles. The van der Waals surface area contributed by atoms with Gasteiger partial charge in [-0.25, -0.2) is 0 Å². The Bertz CT molecular complexity index is 377. The fraction of sp³-hybridized carbons (Fsp3) is 0.615. The molecule has 0 aliphatic carbocycles. The molecule has 0 spiro atoms. The lowest BCUT2D eigenvalue weighted by molar-refractivity contribution is 0.112. The third-order valence-electron chi connectivity index (χ3n) is 3.40. The molecular formula is C13H20N2O. The standard InChI is InChI=1S/C13H20N2O/c1-10(2)15-8-4-3-5-12(15)11-6-7-13(16)14-9-11/h6-7,9-10,12H,3-5,8H2,1-2H3,(H,14,16)/t12-/m0/s1. The van der Waals surface area contributed by atoms with Crippen molar-refractivity contribution >= 4 is 0 Å². The summed E-state index contributed by atoms with van der Waals surface area (Å²) in [5.41, 5.74) is 1.23. The van der Waals surface area contributed by atoms with Crippen LogP contribution in [0.2, 0.25) is 0 Å². The van der Waals surface area contributed by atoms with E-state index in [1.54, 1.807) is 6.07 Å². The average Bonchev–Trinajstić information content (AvgIpc) is 2.30. The number of nitrogens with zero attached hydrogens (tertiary/aromatic N) is 1. The molecule has 3 heteroatoms. The third-order valence-corrected chi connectivity index (χ3v) is 3.40. The Morgan fingerprint density at radius 1 is 1.38 bits per heavy atom. The zero-order valence-electron chi connectivity index (χ0n) is 10.1. The number of hydrogen-bond acceptors (Lipinski definition) is 2. The Balaban J connectivity index is 2.22. The van der Waals surface area contributed by atoms with E-state index in [1.165, 1.54) is 31.4 Å². The molecule has 1 fully saturated rings. The van der Waals surface area contributed by atoms with Crippen LogP contribution in [-0.2, 0) is 0 Å². The highest BCUT2D eigenvalue weighted by Crippen LogP contribution is 2.31. The maximum Gasteiger partial charge on any atom is 0.247 e. The number of rotatable bonds is 2. The Kier molecular flexibility index (Phi) is 3.44. The molecule has 0 aromatic carbocycles. The maximum absolute atomic E-state index is 11.1. The van der Waals surface area contributed by atoms with Crippen LogP contribution in [0.5, 0.6) is 0 Å². The van der Waals surface area contributed by atoms with Gasteiger partial charge in [0.15, 0.2) is 0 Å². The van der Waals surface area contributed by atoms with E-state index >= 15 is 0 Å². The van der Waals surface area contributed by atoms with Crippen molar-refractivity contribution in [2.24, 2.45) is 0 Å². The van der Waals surface area contributed by atoms with Crippen LogP contribution in [-0.4, -0.2) is 22.5 Å². The van der Waals surface area contributed by atoms with Gasteiger partial charge in [-0.1, -0.05) is 12.5 Å². The van der Waals surface area contributed by atoms with E-state index in [9.17, 15) is 4.79 Å². The number of H-pyrrole nitrogens is 1. The first-order chi connectivity index (χ1) is 7.68. The van der Waals surface area contributed by atoms with Crippen molar-refractivity contribution in [2.75, 3.05) is 6.54 Å². The van der Waals surface area contributed by atoms with Crippen molar-refractivity contribution in [3.63, 3.8) is 0 Å². The first-order valence-electron chi connectivity index (χ1n) is 6.13. The minimum Gasteiger partial charge on any atom is -0.329 e. The molecule has 1 aromatic heterocycles. The number of likely N-dealkylation sites (tertiary alicyclic amines) is 1. The SMILES string of the molecule is CC(C)N1CCCC[C@H]1c1ccc(=O)[nH]c1. The Labute approximate surface area is 96.5 Å². The first-order valence-corrected chi connectivity index (χ1v) is 6.13. The summed E-state index contributed by atoms with van der Waals surface area (Å²) in [4.78, 5) is 16.4. The smallest absolute Gasteiger partial charge is 0.247 e. The van der Waals surface area contributed by atoms with Gasteiger partial charge in [-0.15, -0.1) is 0 Å². The van der Waals surface area contributed by atoms with Crippen molar-refractivity contribution in [1.29, 1.82) is 0 Å². The molecule has 1 aliphatic heterocycles. The molecule has 0 unspecified atom stereocenters. The number of nitrogens with one attached hydrogen (secondary N) is 1. The molecule has 1 N–H and O–H groups in total. The third kappa shape index (κ3) is 2.35. The molecule has 0 saturated carbocycles. The van der Waals surface area contributed by atoms with E-state index in [0.29, 0.717) is 12.1 Å². The van der Waals surface area contributed by atoms with Crippen LogP contribution in [0, 0.1) is 0 Å². The highest BCUT2D eigenvalue weighted by molar-refractivity contribution is 5.15. The molecule has 1 saturated heterocycles. The number of pyridine rings is 1. The van der Waals surface area contributed by atoms with E-state index in [2.05, 4.69) is 23.7 Å². The van der Waals surface area contributed by atoms with Gasteiger partial charge in [0.1, 0.15) is 0 Å². The molecule has 1 aromatic rings. The summed E-state index contributed by atoms with van der Waals surface area (Å²) >= 11 is 0. The second-order valence-corrected chi connectivity index (χ2v) is 4.83. The highest BCUT2D eigenvalue weighted by atomic mass is 16.1. The van der Waals surface area contributed by atoms with E-state index in [0.717, 1.165) is 0 Å². The molecule has 16 heavy (non-hydrogen) atoms. The molecule has 0 amide bonds. The van der Waals surface area contributed by atoms with Gasteiger partial charge in [-0.2, -0.15) is 0 Å². The number of aromatic amines is 1. The lowest BCUT2D eigenvalue weighted by Crippen LogP contribution is -2.38. The van der Waals surface area contributed by atoms with Gasteiger partial charge in [0.25, 0.3) is 0 Å². The summed E-state index contributed by atoms with van der Waals surface area (Å²) < 4.78 is 0. The molecule has 1 atom stereocenters. The predicted molar refractivity (Wildman–Crippen MR) is 65.5 cm³/mol. The van der Waals surface area contributed by atoms with Crippen LogP contribution < -0.4 is 5.56 Å². The predicted octanol–water partition coefficient (Wildman–Crippen LogP) is 2.31. The number of piperidine rings is 1. The van der Waals surface area contributed by atoms with Crippen LogP contribution in [0.4, 0.5) is 0 Å². The van der Waals surface area contributed by atoms with Crippen molar-refractivity contribution in [2.45, 2.75) is 45.2 Å². The molecule has 88 valence electrons. The Morgan fingerprint density at radius 3 is 2.81 bits per heavy atom.